The zero-order valence-electron chi connectivity index (χ0n) is 12.6. The molecule has 0 fully saturated rings. The molecule has 1 N–H and O–H groups in total. The van der Waals surface area contributed by atoms with E-state index in [9.17, 15) is 0 Å². The highest BCUT2D eigenvalue weighted by Crippen LogP contribution is 2.34. The topological polar surface area (TPSA) is 30.5 Å². The molecule has 3 nitrogen and oxygen atoms in total. The smallest absolute Gasteiger partial charge is 0.161 e. The van der Waals surface area contributed by atoms with Crippen molar-refractivity contribution < 1.29 is 9.47 Å². The Balaban J connectivity index is 1.95. The molecule has 21 heavy (non-hydrogen) atoms. The minimum Gasteiger partial charge on any atom is -0.486 e. The Morgan fingerprint density at radius 2 is 1.62 bits per heavy atom. The average Bonchev–Trinajstić information content (AvgIpc) is 2.53. The van der Waals surface area contributed by atoms with Gasteiger partial charge in [-0.2, -0.15) is 0 Å². The minimum atomic E-state index is 0.173. The summed E-state index contributed by atoms with van der Waals surface area (Å²) in [4.78, 5) is 0. The molecule has 1 unspecified atom stereocenters. The SMILES string of the molecule is CCNC(c1ccc(C)cc1)c1ccc2c(c1)OCCO2. The Morgan fingerprint density at radius 1 is 0.952 bits per heavy atom. The lowest BCUT2D eigenvalue weighted by molar-refractivity contribution is 0.171. The molecule has 0 spiro atoms. The highest BCUT2D eigenvalue weighted by molar-refractivity contribution is 5.46. The Hall–Kier alpha value is -2.00. The standard InChI is InChI=1S/C18H21NO2/c1-3-19-18(14-6-4-13(2)5-7-14)15-8-9-16-17(12-15)21-11-10-20-16/h4-9,12,18-19H,3,10-11H2,1-2H3. The molecule has 3 heteroatoms. The molecule has 0 aliphatic carbocycles. The highest BCUT2D eigenvalue weighted by Gasteiger charge is 2.17. The third-order valence-corrected chi connectivity index (χ3v) is 3.72. The largest absolute Gasteiger partial charge is 0.486 e. The van der Waals surface area contributed by atoms with Gasteiger partial charge < -0.3 is 14.8 Å². The number of fused-ring (bicyclic) bond motifs is 1. The van der Waals surface area contributed by atoms with E-state index in [1.165, 1.54) is 16.7 Å². The summed E-state index contributed by atoms with van der Waals surface area (Å²) in [7, 11) is 0. The fourth-order valence-electron chi connectivity index (χ4n) is 2.63. The van der Waals surface area contributed by atoms with E-state index >= 15 is 0 Å². The molecule has 0 amide bonds. The zero-order chi connectivity index (χ0) is 14.7. The summed E-state index contributed by atoms with van der Waals surface area (Å²) in [5.41, 5.74) is 3.74. The van der Waals surface area contributed by atoms with Gasteiger partial charge in [-0.3, -0.25) is 0 Å². The number of ether oxygens (including phenoxy) is 2. The van der Waals surface area contributed by atoms with Gasteiger partial charge in [-0.1, -0.05) is 42.8 Å². The molecule has 0 aromatic heterocycles. The molecular formula is C18H21NO2. The van der Waals surface area contributed by atoms with Crippen molar-refractivity contribution in [3.05, 3.63) is 59.2 Å². The van der Waals surface area contributed by atoms with E-state index in [2.05, 4.69) is 55.6 Å². The molecule has 2 aromatic carbocycles. The molecule has 0 saturated carbocycles. The maximum atomic E-state index is 5.69. The number of aryl methyl sites for hydroxylation is 1. The molecule has 2 aromatic rings. The second-order valence-electron chi connectivity index (χ2n) is 5.30. The van der Waals surface area contributed by atoms with Gasteiger partial charge in [0.25, 0.3) is 0 Å². The first-order valence-corrected chi connectivity index (χ1v) is 7.47. The van der Waals surface area contributed by atoms with Crippen molar-refractivity contribution in [2.24, 2.45) is 0 Å². The monoisotopic (exact) mass is 283 g/mol. The first-order chi connectivity index (χ1) is 10.3. The number of hydrogen-bond acceptors (Lipinski definition) is 3. The van der Waals surface area contributed by atoms with Crippen molar-refractivity contribution in [1.29, 1.82) is 0 Å². The van der Waals surface area contributed by atoms with Crippen LogP contribution in [0.3, 0.4) is 0 Å². The summed E-state index contributed by atoms with van der Waals surface area (Å²) >= 11 is 0. The van der Waals surface area contributed by atoms with Gasteiger partial charge in [-0.25, -0.2) is 0 Å². The van der Waals surface area contributed by atoms with Crippen LogP contribution in [0, 0.1) is 6.92 Å². The van der Waals surface area contributed by atoms with Crippen LogP contribution in [0.4, 0.5) is 0 Å². The summed E-state index contributed by atoms with van der Waals surface area (Å²) in [5, 5.41) is 3.55. The summed E-state index contributed by atoms with van der Waals surface area (Å²) in [6, 6.07) is 15.0. The van der Waals surface area contributed by atoms with E-state index in [0.717, 1.165) is 18.0 Å². The van der Waals surface area contributed by atoms with Crippen molar-refractivity contribution in [2.45, 2.75) is 19.9 Å². The predicted molar refractivity (Wildman–Crippen MR) is 84.1 cm³/mol. The molecular weight excluding hydrogens is 262 g/mol. The third-order valence-electron chi connectivity index (χ3n) is 3.72. The van der Waals surface area contributed by atoms with Gasteiger partial charge in [0.15, 0.2) is 11.5 Å². The van der Waals surface area contributed by atoms with Crippen molar-refractivity contribution in [2.75, 3.05) is 19.8 Å². The zero-order valence-corrected chi connectivity index (χ0v) is 12.6. The van der Waals surface area contributed by atoms with Gasteiger partial charge in [-0.05, 0) is 36.7 Å². The lowest BCUT2D eigenvalue weighted by atomic mass is 9.97. The second kappa shape index (κ2) is 6.19. The van der Waals surface area contributed by atoms with Crippen LogP contribution in [0.5, 0.6) is 11.5 Å². The first-order valence-electron chi connectivity index (χ1n) is 7.47. The van der Waals surface area contributed by atoms with Gasteiger partial charge in [0.05, 0.1) is 6.04 Å². The number of rotatable bonds is 4. The molecule has 0 bridgehead atoms. The van der Waals surface area contributed by atoms with Crippen molar-refractivity contribution in [3.8, 4) is 11.5 Å². The van der Waals surface area contributed by atoms with E-state index in [0.29, 0.717) is 13.2 Å². The van der Waals surface area contributed by atoms with E-state index in [4.69, 9.17) is 9.47 Å². The third kappa shape index (κ3) is 3.03. The molecule has 0 saturated heterocycles. The van der Waals surface area contributed by atoms with Crippen LogP contribution in [0.15, 0.2) is 42.5 Å². The quantitative estimate of drug-likeness (QED) is 0.932. The van der Waals surface area contributed by atoms with Crippen molar-refractivity contribution in [3.63, 3.8) is 0 Å². The molecule has 3 rings (SSSR count). The Morgan fingerprint density at radius 3 is 2.33 bits per heavy atom. The van der Waals surface area contributed by atoms with Gasteiger partial charge in [0, 0.05) is 0 Å². The van der Waals surface area contributed by atoms with E-state index < -0.39 is 0 Å². The Bertz CT molecular complexity index is 607. The summed E-state index contributed by atoms with van der Waals surface area (Å²) in [6.45, 7) is 6.39. The number of benzene rings is 2. The van der Waals surface area contributed by atoms with Crippen LogP contribution >= 0.6 is 0 Å². The summed E-state index contributed by atoms with van der Waals surface area (Å²) < 4.78 is 11.3. The molecule has 1 aliphatic heterocycles. The molecule has 1 heterocycles. The molecule has 0 radical (unpaired) electrons. The summed E-state index contributed by atoms with van der Waals surface area (Å²) in [5.74, 6) is 1.68. The average molecular weight is 283 g/mol. The number of nitrogens with one attached hydrogen (secondary N) is 1. The van der Waals surface area contributed by atoms with Crippen LogP contribution in [0.1, 0.15) is 29.7 Å². The molecule has 110 valence electrons. The van der Waals surface area contributed by atoms with E-state index in [1.54, 1.807) is 0 Å². The van der Waals surface area contributed by atoms with Gasteiger partial charge >= 0.3 is 0 Å². The maximum Gasteiger partial charge on any atom is 0.161 e. The minimum absolute atomic E-state index is 0.173. The second-order valence-corrected chi connectivity index (χ2v) is 5.30. The Labute approximate surface area is 125 Å². The fourth-order valence-corrected chi connectivity index (χ4v) is 2.63. The molecule has 1 aliphatic rings. The Kier molecular flexibility index (Phi) is 4.11. The lowest BCUT2D eigenvalue weighted by Gasteiger charge is -2.23. The van der Waals surface area contributed by atoms with Gasteiger partial charge in [0.2, 0.25) is 0 Å². The predicted octanol–water partition coefficient (Wildman–Crippen LogP) is 3.47. The summed E-state index contributed by atoms with van der Waals surface area (Å²) in [6.07, 6.45) is 0. The highest BCUT2D eigenvalue weighted by atomic mass is 16.6. The first kappa shape index (κ1) is 14.0. The fraction of sp³-hybridized carbons (Fsp3) is 0.333. The van der Waals surface area contributed by atoms with Crippen LogP contribution < -0.4 is 14.8 Å². The van der Waals surface area contributed by atoms with Crippen LogP contribution in [-0.2, 0) is 0 Å². The van der Waals surface area contributed by atoms with Crippen LogP contribution in [0.25, 0.3) is 0 Å². The van der Waals surface area contributed by atoms with Crippen molar-refractivity contribution in [1.82, 2.24) is 5.32 Å². The lowest BCUT2D eigenvalue weighted by Crippen LogP contribution is -2.22. The van der Waals surface area contributed by atoms with Crippen LogP contribution in [0.2, 0.25) is 0 Å². The molecule has 1 atom stereocenters. The normalized spacial score (nSPS) is 14.8. The van der Waals surface area contributed by atoms with Gasteiger partial charge in [0.1, 0.15) is 13.2 Å². The van der Waals surface area contributed by atoms with E-state index in [-0.39, 0.29) is 6.04 Å². The maximum absolute atomic E-state index is 5.69. The van der Waals surface area contributed by atoms with Crippen molar-refractivity contribution >= 4 is 0 Å². The van der Waals surface area contributed by atoms with Gasteiger partial charge in [-0.15, -0.1) is 0 Å². The van der Waals surface area contributed by atoms with Crippen LogP contribution in [-0.4, -0.2) is 19.8 Å². The number of hydrogen-bond donors (Lipinski definition) is 1. The van der Waals surface area contributed by atoms with E-state index in [1.807, 2.05) is 6.07 Å².